The molecule has 15 heavy (non-hydrogen) atoms. The molecule has 0 rings (SSSR count). The molecular weight excluding hydrogens is 198 g/mol. The highest BCUT2D eigenvalue weighted by atomic mass is 16.5. The van der Waals surface area contributed by atoms with Gasteiger partial charge in [-0.2, -0.15) is 0 Å². The lowest BCUT2D eigenvalue weighted by atomic mass is 9.89. The average molecular weight is 217 g/mol. The van der Waals surface area contributed by atoms with E-state index in [-0.39, 0.29) is 18.4 Å². The van der Waals surface area contributed by atoms with E-state index >= 15 is 0 Å². The highest BCUT2D eigenvalue weighted by Crippen LogP contribution is 2.19. The molecule has 1 amide bonds. The van der Waals surface area contributed by atoms with Gasteiger partial charge >= 0.3 is 5.97 Å². The molecule has 0 aromatic rings. The summed E-state index contributed by atoms with van der Waals surface area (Å²) in [6, 6.07) is -0.105. The fourth-order valence-corrected chi connectivity index (χ4v) is 1.09. The van der Waals surface area contributed by atoms with E-state index in [0.717, 1.165) is 0 Å². The Morgan fingerprint density at radius 1 is 1.47 bits per heavy atom. The second-order valence-electron chi connectivity index (χ2n) is 4.29. The summed E-state index contributed by atoms with van der Waals surface area (Å²) < 4.78 is 4.85. The highest BCUT2D eigenvalue weighted by molar-refractivity contribution is 5.84. The van der Waals surface area contributed by atoms with Crippen LogP contribution in [0.1, 0.15) is 27.2 Å². The van der Waals surface area contributed by atoms with Gasteiger partial charge in [0.15, 0.2) is 0 Å². The van der Waals surface area contributed by atoms with Crippen molar-refractivity contribution in [1.82, 2.24) is 5.32 Å². The molecule has 0 saturated heterocycles. The number of aliphatic carboxylic acids is 1. The Morgan fingerprint density at radius 3 is 2.40 bits per heavy atom. The van der Waals surface area contributed by atoms with Crippen LogP contribution < -0.4 is 5.32 Å². The summed E-state index contributed by atoms with van der Waals surface area (Å²) in [5.41, 5.74) is -1.03. The molecule has 0 spiro atoms. The first kappa shape index (κ1) is 13.9. The van der Waals surface area contributed by atoms with Crippen molar-refractivity contribution < 1.29 is 19.4 Å². The normalized spacial score (nSPS) is 13.3. The van der Waals surface area contributed by atoms with Crippen LogP contribution in [0.2, 0.25) is 0 Å². The summed E-state index contributed by atoms with van der Waals surface area (Å²) in [5, 5.41) is 11.5. The third-order valence-corrected chi connectivity index (χ3v) is 2.01. The lowest BCUT2D eigenvalue weighted by Crippen LogP contribution is -2.39. The third-order valence-electron chi connectivity index (χ3n) is 2.01. The number of methoxy groups -OCH3 is 1. The van der Waals surface area contributed by atoms with Crippen molar-refractivity contribution >= 4 is 11.9 Å². The van der Waals surface area contributed by atoms with Gasteiger partial charge in [0, 0.05) is 19.6 Å². The second kappa shape index (κ2) is 5.70. The summed E-state index contributed by atoms with van der Waals surface area (Å²) >= 11 is 0. The lowest BCUT2D eigenvalue weighted by molar-refractivity contribution is -0.149. The van der Waals surface area contributed by atoms with Crippen molar-refractivity contribution in [3.05, 3.63) is 0 Å². The van der Waals surface area contributed by atoms with E-state index in [0.29, 0.717) is 6.61 Å². The second-order valence-corrected chi connectivity index (χ2v) is 4.29. The van der Waals surface area contributed by atoms with Crippen molar-refractivity contribution in [2.24, 2.45) is 5.41 Å². The Hall–Kier alpha value is -1.10. The summed E-state index contributed by atoms with van der Waals surface area (Å²) in [6.07, 6.45) is -0.0314. The zero-order chi connectivity index (χ0) is 12.1. The third kappa shape index (κ3) is 5.37. The maximum Gasteiger partial charge on any atom is 0.309 e. The van der Waals surface area contributed by atoms with Gasteiger partial charge in [0.25, 0.3) is 0 Å². The largest absolute Gasteiger partial charge is 0.481 e. The first-order valence-corrected chi connectivity index (χ1v) is 4.81. The standard InChI is InChI=1S/C10H19NO4/c1-7(6-15-4)11-8(12)5-10(2,3)9(13)14/h7H,5-6H2,1-4H3,(H,11,12)(H,13,14). The van der Waals surface area contributed by atoms with Crippen molar-refractivity contribution in [2.45, 2.75) is 33.2 Å². The van der Waals surface area contributed by atoms with E-state index < -0.39 is 11.4 Å². The van der Waals surface area contributed by atoms with E-state index in [1.807, 2.05) is 0 Å². The van der Waals surface area contributed by atoms with Gasteiger partial charge in [0.05, 0.1) is 12.0 Å². The van der Waals surface area contributed by atoms with Crippen LogP contribution in [0, 0.1) is 5.41 Å². The zero-order valence-corrected chi connectivity index (χ0v) is 9.66. The van der Waals surface area contributed by atoms with E-state index in [9.17, 15) is 9.59 Å². The van der Waals surface area contributed by atoms with Crippen molar-refractivity contribution in [3.8, 4) is 0 Å². The minimum absolute atomic E-state index is 0.0314. The maximum atomic E-state index is 11.4. The molecule has 0 saturated carbocycles. The van der Waals surface area contributed by atoms with Crippen LogP contribution in [0.5, 0.6) is 0 Å². The molecule has 0 heterocycles. The quantitative estimate of drug-likeness (QED) is 0.684. The lowest BCUT2D eigenvalue weighted by Gasteiger charge is -2.20. The molecule has 5 nitrogen and oxygen atoms in total. The van der Waals surface area contributed by atoms with E-state index in [4.69, 9.17) is 9.84 Å². The Labute approximate surface area is 89.8 Å². The minimum Gasteiger partial charge on any atom is -0.481 e. The molecule has 0 aliphatic carbocycles. The van der Waals surface area contributed by atoms with Gasteiger partial charge in [-0.25, -0.2) is 0 Å². The van der Waals surface area contributed by atoms with Crippen molar-refractivity contribution in [2.75, 3.05) is 13.7 Å². The molecule has 1 unspecified atom stereocenters. The summed E-state index contributed by atoms with van der Waals surface area (Å²) in [4.78, 5) is 22.2. The Bertz CT molecular complexity index is 238. The van der Waals surface area contributed by atoms with Crippen LogP contribution in [-0.4, -0.2) is 36.7 Å². The predicted molar refractivity (Wildman–Crippen MR) is 55.5 cm³/mol. The average Bonchev–Trinajstić information content (AvgIpc) is 2.02. The molecule has 2 N–H and O–H groups in total. The molecule has 5 heteroatoms. The molecule has 0 radical (unpaired) electrons. The molecule has 0 fully saturated rings. The number of hydrogen-bond donors (Lipinski definition) is 2. The Kier molecular flexibility index (Phi) is 5.28. The van der Waals surface area contributed by atoms with Crippen LogP contribution in [0.3, 0.4) is 0 Å². The molecule has 0 aromatic heterocycles. The van der Waals surface area contributed by atoms with Gasteiger partial charge in [0.1, 0.15) is 0 Å². The molecule has 88 valence electrons. The van der Waals surface area contributed by atoms with Gasteiger partial charge in [-0.3, -0.25) is 9.59 Å². The van der Waals surface area contributed by atoms with Gasteiger partial charge in [0.2, 0.25) is 5.91 Å². The summed E-state index contributed by atoms with van der Waals surface area (Å²) in [5.74, 6) is -1.25. The van der Waals surface area contributed by atoms with Crippen LogP contribution in [0.25, 0.3) is 0 Å². The number of carboxylic acid groups (broad SMARTS) is 1. The molecule has 0 bridgehead atoms. The Balaban J connectivity index is 4.09. The number of nitrogens with one attached hydrogen (secondary N) is 1. The van der Waals surface area contributed by atoms with E-state index in [1.54, 1.807) is 14.0 Å². The van der Waals surface area contributed by atoms with Gasteiger partial charge in [-0.1, -0.05) is 0 Å². The van der Waals surface area contributed by atoms with Gasteiger partial charge in [-0.15, -0.1) is 0 Å². The monoisotopic (exact) mass is 217 g/mol. The smallest absolute Gasteiger partial charge is 0.309 e. The molecule has 0 aromatic carbocycles. The minimum atomic E-state index is -1.03. The highest BCUT2D eigenvalue weighted by Gasteiger charge is 2.30. The van der Waals surface area contributed by atoms with Crippen LogP contribution in [0.4, 0.5) is 0 Å². The molecular formula is C10H19NO4. The summed E-state index contributed by atoms with van der Waals surface area (Å²) in [7, 11) is 1.55. The topological polar surface area (TPSA) is 75.6 Å². The zero-order valence-electron chi connectivity index (χ0n) is 9.66. The number of ether oxygens (including phenoxy) is 1. The van der Waals surface area contributed by atoms with Crippen molar-refractivity contribution in [3.63, 3.8) is 0 Å². The molecule has 0 aliphatic heterocycles. The van der Waals surface area contributed by atoms with E-state index in [2.05, 4.69) is 5.32 Å². The number of carboxylic acids is 1. The predicted octanol–water partition coefficient (Wildman–Crippen LogP) is 0.638. The van der Waals surface area contributed by atoms with Crippen LogP contribution in [0.15, 0.2) is 0 Å². The van der Waals surface area contributed by atoms with E-state index in [1.165, 1.54) is 13.8 Å². The molecule has 0 aliphatic rings. The van der Waals surface area contributed by atoms with Crippen LogP contribution >= 0.6 is 0 Å². The number of hydrogen-bond acceptors (Lipinski definition) is 3. The fourth-order valence-electron chi connectivity index (χ4n) is 1.09. The SMILES string of the molecule is COCC(C)NC(=O)CC(C)(C)C(=O)O. The maximum absolute atomic E-state index is 11.4. The number of carbonyl (C=O) groups excluding carboxylic acids is 1. The fraction of sp³-hybridized carbons (Fsp3) is 0.800. The number of rotatable bonds is 6. The van der Waals surface area contributed by atoms with Crippen LogP contribution in [-0.2, 0) is 14.3 Å². The van der Waals surface area contributed by atoms with Gasteiger partial charge < -0.3 is 15.2 Å². The number of carbonyl (C=O) groups is 2. The Morgan fingerprint density at radius 2 is 2.00 bits per heavy atom. The first-order chi connectivity index (χ1) is 6.79. The summed E-state index contributed by atoms with van der Waals surface area (Å²) in [6.45, 7) is 5.26. The van der Waals surface area contributed by atoms with Gasteiger partial charge in [-0.05, 0) is 20.8 Å². The first-order valence-electron chi connectivity index (χ1n) is 4.81. The van der Waals surface area contributed by atoms with Crippen molar-refractivity contribution in [1.29, 1.82) is 0 Å². The molecule has 1 atom stereocenters. The number of amides is 1.